The molecule has 1 aromatic heterocycles. The number of nitrogens with zero attached hydrogens (tertiary/aromatic N) is 7. The number of imidazole rings is 1. The van der Waals surface area contributed by atoms with E-state index >= 15 is 19.2 Å². The molecule has 0 radical (unpaired) electrons. The Labute approximate surface area is 482 Å². The van der Waals surface area contributed by atoms with Crippen LogP contribution in [0.15, 0.2) is 103 Å². The number of benzene rings is 4. The molecule has 1 saturated carbocycles. The van der Waals surface area contributed by atoms with Gasteiger partial charge >= 0.3 is 0 Å². The lowest BCUT2D eigenvalue weighted by Crippen LogP contribution is -2.59. The summed E-state index contributed by atoms with van der Waals surface area (Å²) in [7, 11) is 10.9. The number of hydrogen-bond acceptors (Lipinski definition) is 10. The minimum absolute atomic E-state index is 0.0463. The molecule has 3 fully saturated rings. The summed E-state index contributed by atoms with van der Waals surface area (Å²) in [6, 6.07) is 26.2. The van der Waals surface area contributed by atoms with Gasteiger partial charge in [0.15, 0.2) is 0 Å². The maximum absolute atomic E-state index is 15.8. The van der Waals surface area contributed by atoms with Crippen LogP contribution in [-0.4, -0.2) is 155 Å². The summed E-state index contributed by atoms with van der Waals surface area (Å²) in [4.78, 5) is 90.0. The van der Waals surface area contributed by atoms with Crippen molar-refractivity contribution in [3.05, 3.63) is 136 Å². The number of aromatic nitrogens is 2. The number of ether oxygens (including phenoxy) is 2. The number of nitrogens with one attached hydrogen (secondary N) is 2. The molecule has 3 aliphatic rings. The summed E-state index contributed by atoms with van der Waals surface area (Å²) in [5, 5.41) is 7.30. The van der Waals surface area contributed by atoms with Crippen molar-refractivity contribution >= 4 is 52.7 Å². The first kappa shape index (κ1) is 59.8. The molecule has 80 heavy (non-hydrogen) atoms. The van der Waals surface area contributed by atoms with Crippen LogP contribution in [0.2, 0.25) is 10.0 Å². The van der Waals surface area contributed by atoms with Crippen LogP contribution in [0.25, 0.3) is 11.3 Å². The number of likely N-dealkylation sites (N-methyl/N-ethyl adjacent to an activating group) is 2. The molecule has 428 valence electrons. The number of halogens is 2. The Hall–Kier alpha value is -6.30. The van der Waals surface area contributed by atoms with Crippen LogP contribution in [0.1, 0.15) is 86.7 Å². The molecule has 2 aliphatic heterocycles. The summed E-state index contributed by atoms with van der Waals surface area (Å²) >= 11 is 13.1. The monoisotopic (exact) mass is 1130 g/mol. The van der Waals surface area contributed by atoms with Gasteiger partial charge in [-0.25, -0.2) is 4.98 Å². The first-order valence-corrected chi connectivity index (χ1v) is 28.9. The zero-order chi connectivity index (χ0) is 56.9. The summed E-state index contributed by atoms with van der Waals surface area (Å²) < 4.78 is 14.4. The highest BCUT2D eigenvalue weighted by Crippen LogP contribution is 2.34. The van der Waals surface area contributed by atoms with E-state index in [2.05, 4.69) is 30.0 Å². The van der Waals surface area contributed by atoms with Crippen LogP contribution in [0.5, 0.6) is 11.5 Å². The molecule has 1 aliphatic carbocycles. The molecule has 0 bridgehead atoms. The second kappa shape index (κ2) is 28.4. The summed E-state index contributed by atoms with van der Waals surface area (Å²) in [5.74, 6) is -0.941. The molecule has 16 nitrogen and oxygen atoms in total. The standard InChI is InChI=1S/C62H79Cl2N9O7/c1-68(2)40-57-65-38-55(70(57)4)44-23-28-50(29-24-44)80-56-36-48(64)27-22-45(56)39-73-54(19-14-32-72-30-12-13-31-72)60(76)67-52(41-79-6)62(78)69(3)49(34-43-20-25-47(63)26-21-43)37-58(74)66-51-17-10-11-18-53(51)71(5)61(77)46(35-59(73)75)33-42-15-8-7-9-16-42/h7-9,15-16,20-29,36,38,46,49,51-54H,10-14,17-19,30-35,37,39-41H2,1-6H3,(H,66,74)(H,67,76)/t46-,49+,51+,52+,53+,54+/m1/s1. The number of carbonyl (C=O) groups excluding carboxylic acids is 5. The van der Waals surface area contributed by atoms with Crippen LogP contribution in [-0.2, 0) is 61.7 Å². The van der Waals surface area contributed by atoms with E-state index in [0.717, 1.165) is 67.0 Å². The Bertz CT molecular complexity index is 2880. The first-order chi connectivity index (χ1) is 38.5. The van der Waals surface area contributed by atoms with Gasteiger partial charge in [-0.15, -0.1) is 0 Å². The van der Waals surface area contributed by atoms with Crippen molar-refractivity contribution < 1.29 is 33.4 Å². The van der Waals surface area contributed by atoms with Crippen molar-refractivity contribution in [2.45, 2.75) is 120 Å². The zero-order valence-electron chi connectivity index (χ0n) is 47.3. The van der Waals surface area contributed by atoms with Gasteiger partial charge < -0.3 is 49.2 Å². The fourth-order valence-corrected chi connectivity index (χ4v) is 11.9. The van der Waals surface area contributed by atoms with E-state index in [4.69, 9.17) is 32.7 Å². The van der Waals surface area contributed by atoms with Crippen LogP contribution in [0, 0.1) is 5.92 Å². The summed E-state index contributed by atoms with van der Waals surface area (Å²) in [5.41, 5.74) is 4.21. The van der Waals surface area contributed by atoms with E-state index in [1.165, 1.54) is 12.0 Å². The summed E-state index contributed by atoms with van der Waals surface area (Å²) in [6.45, 7) is 2.99. The lowest BCUT2D eigenvalue weighted by molar-refractivity contribution is -0.148. The van der Waals surface area contributed by atoms with E-state index in [1.54, 1.807) is 54.2 Å². The third kappa shape index (κ3) is 15.8. The smallest absolute Gasteiger partial charge is 0.247 e. The second-order valence-electron chi connectivity index (χ2n) is 22.2. The predicted octanol–water partition coefficient (Wildman–Crippen LogP) is 8.56. The fraction of sp³-hybridized carbons (Fsp3) is 0.484. The summed E-state index contributed by atoms with van der Waals surface area (Å²) in [6.07, 6.45) is 8.14. The number of amides is 5. The third-order valence-electron chi connectivity index (χ3n) is 16.1. The van der Waals surface area contributed by atoms with Crippen molar-refractivity contribution in [3.8, 4) is 22.8 Å². The van der Waals surface area contributed by atoms with Gasteiger partial charge in [-0.3, -0.25) is 24.0 Å². The van der Waals surface area contributed by atoms with Gasteiger partial charge in [-0.2, -0.15) is 0 Å². The van der Waals surface area contributed by atoms with Crippen molar-refractivity contribution in [2.24, 2.45) is 13.0 Å². The van der Waals surface area contributed by atoms with Gasteiger partial charge in [0.25, 0.3) is 0 Å². The normalized spacial score (nSPS) is 22.3. The molecular weight excluding hydrogens is 1050 g/mol. The number of methoxy groups -OCH3 is 1. The molecule has 0 spiro atoms. The molecule has 5 amide bonds. The molecule has 18 heteroatoms. The molecule has 2 saturated heterocycles. The number of likely N-dealkylation sites (tertiary alicyclic amines) is 1. The molecule has 8 rings (SSSR count). The van der Waals surface area contributed by atoms with E-state index in [-0.39, 0.29) is 62.7 Å². The second-order valence-corrected chi connectivity index (χ2v) is 23.1. The number of rotatable bonds is 17. The van der Waals surface area contributed by atoms with Gasteiger partial charge in [-0.1, -0.05) is 84.6 Å². The van der Waals surface area contributed by atoms with E-state index in [1.807, 2.05) is 94.1 Å². The van der Waals surface area contributed by atoms with E-state index in [0.29, 0.717) is 65.9 Å². The van der Waals surface area contributed by atoms with Crippen molar-refractivity contribution in [1.82, 2.24) is 44.7 Å². The van der Waals surface area contributed by atoms with Gasteiger partial charge in [0.05, 0.1) is 43.5 Å². The Balaban J connectivity index is 1.20. The topological polar surface area (TPSA) is 162 Å². The molecular formula is C62H79Cl2N9O7. The number of carbonyl (C=O) groups is 5. The number of fused-ring (bicyclic) bond motifs is 1. The average Bonchev–Trinajstić information content (AvgIpc) is 4.12. The van der Waals surface area contributed by atoms with Gasteiger partial charge in [0, 0.05) is 74.4 Å². The van der Waals surface area contributed by atoms with Crippen molar-refractivity contribution in [3.63, 3.8) is 0 Å². The molecule has 5 aromatic rings. The van der Waals surface area contributed by atoms with Gasteiger partial charge in [0.2, 0.25) is 29.5 Å². The third-order valence-corrected chi connectivity index (χ3v) is 16.6. The zero-order valence-corrected chi connectivity index (χ0v) is 48.8. The van der Waals surface area contributed by atoms with Crippen molar-refractivity contribution in [1.29, 1.82) is 0 Å². The van der Waals surface area contributed by atoms with Gasteiger partial charge in [-0.05, 0) is 145 Å². The van der Waals surface area contributed by atoms with Crippen LogP contribution in [0.3, 0.4) is 0 Å². The molecule has 0 unspecified atom stereocenters. The van der Waals surface area contributed by atoms with Crippen molar-refractivity contribution in [2.75, 3.05) is 61.5 Å². The Kier molecular flexibility index (Phi) is 21.2. The highest BCUT2D eigenvalue weighted by molar-refractivity contribution is 6.31. The first-order valence-electron chi connectivity index (χ1n) is 28.2. The molecule has 6 atom stereocenters. The van der Waals surface area contributed by atoms with Crippen LogP contribution < -0.4 is 15.4 Å². The lowest BCUT2D eigenvalue weighted by atomic mass is 9.87. The van der Waals surface area contributed by atoms with Gasteiger partial charge in [0.1, 0.15) is 29.4 Å². The van der Waals surface area contributed by atoms with E-state index in [9.17, 15) is 4.79 Å². The maximum Gasteiger partial charge on any atom is 0.247 e. The minimum Gasteiger partial charge on any atom is -0.457 e. The Morgan fingerprint density at radius 1 is 0.750 bits per heavy atom. The minimum atomic E-state index is -1.20. The quantitative estimate of drug-likeness (QED) is 0.0923. The highest BCUT2D eigenvalue weighted by atomic mass is 35.5. The van der Waals surface area contributed by atoms with Crippen LogP contribution in [0.4, 0.5) is 0 Å². The number of hydrogen-bond donors (Lipinski definition) is 2. The average molecular weight is 1130 g/mol. The molecule has 4 aromatic carbocycles. The predicted molar refractivity (Wildman–Crippen MR) is 312 cm³/mol. The molecule has 3 heterocycles. The molecule has 2 N–H and O–H groups in total. The van der Waals surface area contributed by atoms with Crippen LogP contribution >= 0.6 is 23.2 Å². The highest BCUT2D eigenvalue weighted by Gasteiger charge is 2.40. The maximum atomic E-state index is 15.8. The Morgan fingerprint density at radius 2 is 1.45 bits per heavy atom. The largest absolute Gasteiger partial charge is 0.457 e. The fourth-order valence-electron chi connectivity index (χ4n) is 11.6. The SMILES string of the molecule is COC[C@@H]1NC(=O)[C@H](CCCN2CCCC2)N(Cc2ccc(Cl)cc2Oc2ccc(-c3cnc(CN(C)C)n3C)cc2)C(=O)C[C@@H](Cc2ccccc2)C(=O)N(C)[C@H]2CCCC[C@@H]2NC(=O)C[C@H](Cc2ccc(Cl)cc2)N(C)C1=O. The van der Waals surface area contributed by atoms with E-state index < -0.39 is 41.8 Å². The lowest BCUT2D eigenvalue weighted by Gasteiger charge is -2.40. The Morgan fingerprint density at radius 3 is 2.16 bits per heavy atom.